The average molecular weight is 1660 g/mol. The molecule has 0 atom stereocenters. The highest BCUT2D eigenvalue weighted by atomic mass is 15.1. The summed E-state index contributed by atoms with van der Waals surface area (Å²) in [5.41, 5.74) is 45.0. The Labute approximate surface area is 756 Å². The summed E-state index contributed by atoms with van der Waals surface area (Å²) in [6.45, 7) is 18.9. The van der Waals surface area contributed by atoms with E-state index in [0.29, 0.717) is 0 Å². The number of aromatic nitrogens is 6. The van der Waals surface area contributed by atoms with Crippen LogP contribution >= 0.6 is 0 Å². The van der Waals surface area contributed by atoms with Crippen LogP contribution in [0.15, 0.2) is 400 Å². The number of benzene rings is 18. The minimum absolute atomic E-state index is 0.103. The van der Waals surface area contributed by atoms with Crippen molar-refractivity contribution in [3.8, 4) is 146 Å². The number of pyridine rings is 2. The van der Waals surface area contributed by atoms with E-state index in [1.54, 1.807) is 0 Å². The number of para-hydroxylation sites is 3. The predicted molar refractivity (Wildman–Crippen MR) is 541 cm³/mol. The van der Waals surface area contributed by atoms with E-state index in [2.05, 4.69) is 465 Å². The molecule has 4 heterocycles. The largest absolute Gasteiger partial charge is 0.292 e. The van der Waals surface area contributed by atoms with Crippen molar-refractivity contribution in [1.29, 1.82) is 0 Å². The summed E-state index contributed by atoms with van der Waals surface area (Å²) < 4.78 is 4.54. The third-order valence-electron chi connectivity index (χ3n) is 29.2. The van der Waals surface area contributed by atoms with Gasteiger partial charge in [-0.15, -0.1) is 0 Å². The molecule has 0 aliphatic heterocycles. The fraction of sp³-hybridized carbons (Fsp3) is 0.0968. The van der Waals surface area contributed by atoms with Crippen molar-refractivity contribution in [2.75, 3.05) is 0 Å². The highest BCUT2D eigenvalue weighted by Crippen LogP contribution is 2.57. The molecule has 0 saturated carbocycles. The van der Waals surface area contributed by atoms with Crippen LogP contribution < -0.4 is 0 Å². The third-order valence-corrected chi connectivity index (χ3v) is 29.2. The van der Waals surface area contributed by atoms with Crippen molar-refractivity contribution in [2.45, 2.75) is 77.0 Å². The standard InChI is InChI=1S/2C62H45N3/c1-61(2)52-25-15-13-22-44(52)46-30-27-39(33-54(46)61)49-36-51-50(40-28-31-47-45-23-14-16-26-53(45)62(3,4)55(47)34-40)37-56(63-59(51)48-24-12-11-21-43(48)49)41-29-32-58-57(35-41)64-60(38-17-7-5-8-18-38)65(58)42-19-9-6-10-20-42;1-61(2)52-22-12-10-19-44(52)46-32-28-40(34-54(46)61)49-36-51-50(41-29-33-47-45-20-11-13-23-53(45)62(3,4)55(47)35-41)37-57(63-59(51)48-21-9-8-18-43(48)49)38-26-30-42(31-27-38)65-58-25-15-14-24-56(58)64-60(65)39-16-6-5-7-17-39/h2*5-37H,1-4H3. The van der Waals surface area contributed by atoms with Crippen LogP contribution in [-0.2, 0) is 21.7 Å². The Morgan fingerprint density at radius 2 is 0.477 bits per heavy atom. The second kappa shape index (κ2) is 28.9. The van der Waals surface area contributed by atoms with Gasteiger partial charge in [0.25, 0.3) is 0 Å². The molecule has 0 bridgehead atoms. The first-order valence-corrected chi connectivity index (χ1v) is 45.5. The minimum atomic E-state index is -0.140. The molecule has 4 aliphatic rings. The molecule has 0 amide bonds. The van der Waals surface area contributed by atoms with E-state index in [1.807, 2.05) is 0 Å². The summed E-state index contributed by atoms with van der Waals surface area (Å²) >= 11 is 0. The maximum absolute atomic E-state index is 5.65. The Hall–Kier alpha value is -15.8. The summed E-state index contributed by atoms with van der Waals surface area (Å²) in [7, 11) is 0. The Morgan fingerprint density at radius 1 is 0.177 bits per heavy atom. The number of nitrogens with zero attached hydrogens (tertiary/aromatic N) is 6. The Kier molecular flexibility index (Phi) is 17.0. The summed E-state index contributed by atoms with van der Waals surface area (Å²) in [6.07, 6.45) is 0. The molecule has 18 aromatic carbocycles. The van der Waals surface area contributed by atoms with E-state index in [1.165, 1.54) is 144 Å². The lowest BCUT2D eigenvalue weighted by molar-refractivity contribution is 0.660. The monoisotopic (exact) mass is 1660 g/mol. The van der Waals surface area contributed by atoms with Crippen molar-refractivity contribution < 1.29 is 0 Å². The number of hydrogen-bond donors (Lipinski definition) is 0. The van der Waals surface area contributed by atoms with Crippen molar-refractivity contribution >= 4 is 65.4 Å². The van der Waals surface area contributed by atoms with Crippen LogP contribution in [0, 0.1) is 0 Å². The van der Waals surface area contributed by atoms with E-state index in [-0.39, 0.29) is 21.7 Å². The molecule has 0 N–H and O–H groups in total. The first-order chi connectivity index (χ1) is 63.5. The fourth-order valence-corrected chi connectivity index (χ4v) is 22.6. The second-order valence-electron chi connectivity index (χ2n) is 37.9. The predicted octanol–water partition coefficient (Wildman–Crippen LogP) is 32.0. The molecule has 0 unspecified atom stereocenters. The van der Waals surface area contributed by atoms with E-state index in [0.717, 1.165) is 111 Å². The van der Waals surface area contributed by atoms with Gasteiger partial charge in [0.05, 0.1) is 44.5 Å². The third kappa shape index (κ3) is 11.7. The van der Waals surface area contributed by atoms with Crippen molar-refractivity contribution in [3.05, 3.63) is 445 Å². The molecule has 4 aromatic heterocycles. The first-order valence-electron chi connectivity index (χ1n) is 45.5. The molecule has 616 valence electrons. The molecular weight excluding hydrogens is 1570 g/mol. The van der Waals surface area contributed by atoms with Crippen molar-refractivity contribution in [1.82, 2.24) is 29.1 Å². The zero-order chi connectivity index (χ0) is 87.2. The number of fused-ring (bicyclic) bond motifs is 20. The van der Waals surface area contributed by atoms with Crippen LogP contribution in [0.2, 0.25) is 0 Å². The lowest BCUT2D eigenvalue weighted by Gasteiger charge is -2.23. The second-order valence-corrected chi connectivity index (χ2v) is 37.9. The highest BCUT2D eigenvalue weighted by molar-refractivity contribution is 6.18. The SMILES string of the molecule is CC1(C)c2ccccc2-c2ccc(-c3cc4c(-c5ccc6c(c5)C(C)(C)c5ccccc5-6)cc(-c5ccc(-n6c(-c7ccccc7)nc7ccccc76)cc5)nc4c4ccccc34)cc21.CC1(C)c2ccccc2-c2ccc(-c3cc4c(-c5ccc6c(c5)C(C)(C)c5ccccc5-6)cc(-c5ccc6c(c5)nc(-c5ccccc5)n6-c5ccccc5)nc4c4ccccc34)cc21. The summed E-state index contributed by atoms with van der Waals surface area (Å²) in [6, 6.07) is 147. The molecule has 0 spiro atoms. The molecule has 6 nitrogen and oxygen atoms in total. The van der Waals surface area contributed by atoms with Gasteiger partial charge in [-0.25, -0.2) is 19.9 Å². The zero-order valence-electron chi connectivity index (χ0n) is 73.8. The topological polar surface area (TPSA) is 61.4 Å². The molecule has 0 saturated heterocycles. The summed E-state index contributed by atoms with van der Waals surface area (Å²) in [4.78, 5) is 21.7. The van der Waals surface area contributed by atoms with Crippen LogP contribution in [0.4, 0.5) is 0 Å². The van der Waals surface area contributed by atoms with Crippen molar-refractivity contribution in [2.24, 2.45) is 0 Å². The maximum Gasteiger partial charge on any atom is 0.145 e. The van der Waals surface area contributed by atoms with Gasteiger partial charge in [0.15, 0.2) is 0 Å². The van der Waals surface area contributed by atoms with Crippen molar-refractivity contribution in [3.63, 3.8) is 0 Å². The normalized spacial score (nSPS) is 14.1. The molecule has 0 fully saturated rings. The lowest BCUT2D eigenvalue weighted by atomic mass is 9.81. The number of imidazole rings is 2. The number of rotatable bonds is 10. The van der Waals surface area contributed by atoms with Crippen LogP contribution in [-0.4, -0.2) is 29.1 Å². The summed E-state index contributed by atoms with van der Waals surface area (Å²) in [5, 5.41) is 6.96. The van der Waals surface area contributed by atoms with Gasteiger partial charge in [0.2, 0.25) is 0 Å². The molecule has 26 rings (SSSR count). The Morgan fingerprint density at radius 3 is 0.892 bits per heavy atom. The number of hydrogen-bond acceptors (Lipinski definition) is 4. The van der Waals surface area contributed by atoms with E-state index >= 15 is 0 Å². The quantitative estimate of drug-likeness (QED) is 0.128. The van der Waals surface area contributed by atoms with Gasteiger partial charge in [-0.05, 0) is 241 Å². The maximum atomic E-state index is 5.65. The molecule has 4 aliphatic carbocycles. The Bertz CT molecular complexity index is 8510. The van der Waals surface area contributed by atoms with Gasteiger partial charge in [-0.1, -0.05) is 359 Å². The lowest BCUT2D eigenvalue weighted by Crippen LogP contribution is -2.15. The fourth-order valence-electron chi connectivity index (χ4n) is 22.6. The van der Waals surface area contributed by atoms with Gasteiger partial charge >= 0.3 is 0 Å². The van der Waals surface area contributed by atoms with Gasteiger partial charge in [0.1, 0.15) is 11.6 Å². The van der Waals surface area contributed by atoms with E-state index < -0.39 is 0 Å². The zero-order valence-corrected chi connectivity index (χ0v) is 73.8. The first kappa shape index (κ1) is 76.7. The molecule has 130 heavy (non-hydrogen) atoms. The molecule has 6 heteroatoms. The average Bonchev–Trinajstić information content (AvgIpc) is 1.54. The Balaban J connectivity index is 0.000000140. The molecule has 0 radical (unpaired) electrons. The van der Waals surface area contributed by atoms with Gasteiger partial charge < -0.3 is 0 Å². The smallest absolute Gasteiger partial charge is 0.145 e. The van der Waals surface area contributed by atoms with Gasteiger partial charge in [0, 0.05) is 76.8 Å². The van der Waals surface area contributed by atoms with Crippen LogP contribution in [0.1, 0.15) is 99.9 Å². The minimum Gasteiger partial charge on any atom is -0.292 e. The van der Waals surface area contributed by atoms with E-state index in [9.17, 15) is 0 Å². The van der Waals surface area contributed by atoms with Crippen LogP contribution in [0.25, 0.3) is 211 Å². The van der Waals surface area contributed by atoms with Gasteiger partial charge in [-0.3, -0.25) is 9.13 Å². The molecule has 22 aromatic rings. The van der Waals surface area contributed by atoms with Gasteiger partial charge in [-0.2, -0.15) is 0 Å². The molecular formula is C124H90N6. The van der Waals surface area contributed by atoms with Crippen LogP contribution in [0.5, 0.6) is 0 Å². The van der Waals surface area contributed by atoms with E-state index in [4.69, 9.17) is 19.9 Å². The summed E-state index contributed by atoms with van der Waals surface area (Å²) in [5.74, 6) is 1.83. The van der Waals surface area contributed by atoms with Crippen LogP contribution in [0.3, 0.4) is 0 Å². The highest BCUT2D eigenvalue weighted by Gasteiger charge is 2.40.